The van der Waals surface area contributed by atoms with Crippen molar-refractivity contribution >= 4 is 23.2 Å². The van der Waals surface area contributed by atoms with Crippen LogP contribution in [0.4, 0.5) is 0 Å². The van der Waals surface area contributed by atoms with Crippen molar-refractivity contribution in [3.05, 3.63) is 35.4 Å². The van der Waals surface area contributed by atoms with E-state index in [4.69, 9.17) is 4.74 Å². The maximum Gasteiger partial charge on any atom is 0.324 e. The van der Waals surface area contributed by atoms with Gasteiger partial charge in [-0.25, -0.2) is 4.31 Å². The predicted octanol–water partition coefficient (Wildman–Crippen LogP) is 7.06. The van der Waals surface area contributed by atoms with E-state index in [0.29, 0.717) is 19.4 Å². The van der Waals surface area contributed by atoms with Crippen LogP contribution >= 0.6 is 0 Å². The van der Waals surface area contributed by atoms with Crippen LogP contribution in [0.2, 0.25) is 0 Å². The fraction of sp³-hybridized carbons (Fsp3) is 0.733. The molecule has 1 aliphatic rings. The summed E-state index contributed by atoms with van der Waals surface area (Å²) in [5.41, 5.74) is 1.25. The Morgan fingerprint density at radius 3 is 1.78 bits per heavy atom. The molecular weight excluding hydrogens is 486 g/mol. The predicted molar refractivity (Wildman–Crippen MR) is 149 cm³/mol. The number of hydrogen-bond acceptors (Lipinski definition) is 5. The number of esters is 2. The SMILES string of the molecule is CCCCCCCCCCCCCCCCN(CCC(=O)OC(=O)C1(c2ccc(C)cc2)CC1)S(=O)[O-]. The van der Waals surface area contributed by atoms with Gasteiger partial charge in [0.25, 0.3) is 0 Å². The fourth-order valence-electron chi connectivity index (χ4n) is 4.82. The highest BCUT2D eigenvalue weighted by atomic mass is 32.2. The van der Waals surface area contributed by atoms with Crippen molar-refractivity contribution in [1.29, 1.82) is 0 Å². The summed E-state index contributed by atoms with van der Waals surface area (Å²) >= 11 is -2.40. The van der Waals surface area contributed by atoms with E-state index in [1.165, 1.54) is 74.9 Å². The van der Waals surface area contributed by atoms with Crippen molar-refractivity contribution < 1.29 is 23.1 Å². The third-order valence-electron chi connectivity index (χ3n) is 7.49. The van der Waals surface area contributed by atoms with E-state index < -0.39 is 28.6 Å². The Bertz CT molecular complexity index is 822. The van der Waals surface area contributed by atoms with Gasteiger partial charge in [-0.2, -0.15) is 0 Å². The zero-order chi connectivity index (χ0) is 26.9. The molecule has 1 saturated carbocycles. The van der Waals surface area contributed by atoms with Crippen LogP contribution in [0.15, 0.2) is 24.3 Å². The molecule has 1 aromatic carbocycles. The van der Waals surface area contributed by atoms with Gasteiger partial charge >= 0.3 is 11.9 Å². The van der Waals surface area contributed by atoms with Gasteiger partial charge in [-0.1, -0.05) is 120 Å². The molecule has 0 saturated heterocycles. The Morgan fingerprint density at radius 1 is 0.838 bits per heavy atom. The molecule has 1 atom stereocenters. The number of nitrogens with zero attached hydrogens (tertiary/aromatic N) is 1. The van der Waals surface area contributed by atoms with Crippen LogP contribution < -0.4 is 0 Å². The van der Waals surface area contributed by atoms with Crippen LogP contribution in [0, 0.1) is 6.92 Å². The average molecular weight is 535 g/mol. The van der Waals surface area contributed by atoms with Crippen LogP contribution in [0.1, 0.15) is 127 Å². The van der Waals surface area contributed by atoms with Crippen LogP contribution in [0.5, 0.6) is 0 Å². The van der Waals surface area contributed by atoms with Crippen molar-refractivity contribution in [2.75, 3.05) is 13.1 Å². The van der Waals surface area contributed by atoms with Gasteiger partial charge in [0.1, 0.15) is 0 Å². The van der Waals surface area contributed by atoms with Crippen LogP contribution in [-0.4, -0.2) is 38.1 Å². The summed E-state index contributed by atoms with van der Waals surface area (Å²) in [7, 11) is 0. The maximum absolute atomic E-state index is 12.6. The van der Waals surface area contributed by atoms with Gasteiger partial charge in [0.05, 0.1) is 11.8 Å². The number of ether oxygens (including phenoxy) is 1. The van der Waals surface area contributed by atoms with E-state index >= 15 is 0 Å². The summed E-state index contributed by atoms with van der Waals surface area (Å²) in [5.74, 6) is -1.19. The molecule has 2 rings (SSSR count). The van der Waals surface area contributed by atoms with E-state index in [-0.39, 0.29) is 13.0 Å². The third-order valence-corrected chi connectivity index (χ3v) is 8.28. The standard InChI is InChI=1S/C30H49NO5S/c1-3-4-5-6-7-8-9-10-11-12-13-14-15-16-24-31(37(34)35)25-21-28(32)36-29(33)30(22-23-30)27-19-17-26(2)18-20-27/h17-20H,3-16,21-25H2,1-2H3,(H,34,35)/p-1. The number of rotatable bonds is 21. The Morgan fingerprint density at radius 2 is 1.32 bits per heavy atom. The van der Waals surface area contributed by atoms with Crippen LogP contribution in [0.3, 0.4) is 0 Å². The van der Waals surface area contributed by atoms with E-state index in [9.17, 15) is 18.4 Å². The van der Waals surface area contributed by atoms with E-state index in [0.717, 1.165) is 30.4 Å². The average Bonchev–Trinajstić information content (AvgIpc) is 3.68. The molecule has 1 aromatic rings. The maximum atomic E-state index is 12.6. The molecule has 0 amide bonds. The topological polar surface area (TPSA) is 86.7 Å². The minimum atomic E-state index is -2.40. The Hall–Kier alpha value is -1.57. The summed E-state index contributed by atoms with van der Waals surface area (Å²) < 4.78 is 29.6. The highest BCUT2D eigenvalue weighted by Gasteiger charge is 2.53. The lowest BCUT2D eigenvalue weighted by Gasteiger charge is -2.23. The Labute approximate surface area is 227 Å². The smallest absolute Gasteiger partial charge is 0.324 e. The second-order valence-corrected chi connectivity index (χ2v) is 11.7. The summed E-state index contributed by atoms with van der Waals surface area (Å²) in [4.78, 5) is 24.9. The first-order chi connectivity index (χ1) is 17.9. The van der Waals surface area contributed by atoms with Crippen LogP contribution in [-0.2, 0) is 31.0 Å². The lowest BCUT2D eigenvalue weighted by atomic mass is 9.95. The summed E-state index contributed by atoms with van der Waals surface area (Å²) in [5, 5.41) is 0. The molecule has 210 valence electrons. The van der Waals surface area contributed by atoms with E-state index in [1.807, 2.05) is 31.2 Å². The van der Waals surface area contributed by atoms with Crippen LogP contribution in [0.25, 0.3) is 0 Å². The summed E-state index contributed by atoms with van der Waals surface area (Å²) in [6.07, 6.45) is 18.6. The molecule has 0 N–H and O–H groups in total. The van der Waals surface area contributed by atoms with Crippen molar-refractivity contribution in [3.8, 4) is 0 Å². The molecule has 6 nitrogen and oxygen atoms in total. The van der Waals surface area contributed by atoms with Crippen molar-refractivity contribution in [2.24, 2.45) is 0 Å². The van der Waals surface area contributed by atoms with E-state index in [2.05, 4.69) is 6.92 Å². The first-order valence-electron chi connectivity index (χ1n) is 14.6. The molecule has 1 unspecified atom stereocenters. The molecule has 0 bridgehead atoms. The van der Waals surface area contributed by atoms with Gasteiger partial charge < -0.3 is 9.29 Å². The molecule has 37 heavy (non-hydrogen) atoms. The van der Waals surface area contributed by atoms with Gasteiger partial charge in [-0.15, -0.1) is 0 Å². The molecule has 0 spiro atoms. The highest BCUT2D eigenvalue weighted by Crippen LogP contribution is 2.49. The zero-order valence-electron chi connectivity index (χ0n) is 23.1. The Kier molecular flexibility index (Phi) is 15.3. The molecule has 1 fully saturated rings. The molecule has 0 aliphatic heterocycles. The fourth-order valence-corrected chi connectivity index (χ4v) is 5.34. The zero-order valence-corrected chi connectivity index (χ0v) is 24.0. The second kappa shape index (κ2) is 17.8. The largest absolute Gasteiger partial charge is 0.760 e. The van der Waals surface area contributed by atoms with Gasteiger partial charge in [0.15, 0.2) is 0 Å². The number of unbranched alkanes of at least 4 members (excludes halogenated alkanes) is 13. The van der Waals surface area contributed by atoms with E-state index in [1.54, 1.807) is 0 Å². The van der Waals surface area contributed by atoms with Gasteiger partial charge in [0, 0.05) is 24.4 Å². The molecule has 0 heterocycles. The quantitative estimate of drug-likeness (QED) is 0.0729. The number of benzene rings is 1. The Balaban J connectivity index is 1.53. The highest BCUT2D eigenvalue weighted by molar-refractivity contribution is 7.76. The van der Waals surface area contributed by atoms with Crippen molar-refractivity contribution in [2.45, 2.75) is 128 Å². The molecule has 1 aliphatic carbocycles. The lowest BCUT2D eigenvalue weighted by Crippen LogP contribution is -2.31. The second-order valence-electron chi connectivity index (χ2n) is 10.7. The molecule has 0 aromatic heterocycles. The third kappa shape index (κ3) is 12.2. The van der Waals surface area contributed by atoms with Crippen molar-refractivity contribution in [3.63, 3.8) is 0 Å². The van der Waals surface area contributed by atoms with Gasteiger partial charge in [-0.05, 0) is 31.7 Å². The van der Waals surface area contributed by atoms with Gasteiger partial charge in [-0.3, -0.25) is 13.8 Å². The summed E-state index contributed by atoms with van der Waals surface area (Å²) in [6.45, 7) is 4.66. The monoisotopic (exact) mass is 534 g/mol. The minimum Gasteiger partial charge on any atom is -0.760 e. The normalized spacial score (nSPS) is 15.0. The van der Waals surface area contributed by atoms with Crippen molar-refractivity contribution in [1.82, 2.24) is 4.31 Å². The molecule has 7 heteroatoms. The molecular formula is C30H48NO5S-. The number of aryl methyl sites for hydroxylation is 1. The number of carbonyl (C=O) groups is 2. The van der Waals surface area contributed by atoms with Gasteiger partial charge in [0.2, 0.25) is 0 Å². The lowest BCUT2D eigenvalue weighted by molar-refractivity contribution is -0.161. The first kappa shape index (κ1) is 31.6. The molecule has 0 radical (unpaired) electrons. The first-order valence-corrected chi connectivity index (χ1v) is 15.6. The minimum absolute atomic E-state index is 0.0399. The summed E-state index contributed by atoms with van der Waals surface area (Å²) in [6, 6.07) is 7.71. The number of hydrogen-bond donors (Lipinski definition) is 0. The number of carbonyl (C=O) groups excluding carboxylic acids is 2.